The van der Waals surface area contributed by atoms with Crippen LogP contribution in [0.5, 0.6) is 0 Å². The minimum Gasteiger partial charge on any atom is -0.359 e. The highest BCUT2D eigenvalue weighted by Crippen LogP contribution is 2.31. The van der Waals surface area contributed by atoms with Crippen molar-refractivity contribution in [1.29, 1.82) is 0 Å². The summed E-state index contributed by atoms with van der Waals surface area (Å²) in [4.78, 5) is 6.05. The third kappa shape index (κ3) is 2.86. The van der Waals surface area contributed by atoms with Crippen LogP contribution in [0.3, 0.4) is 0 Å². The Bertz CT molecular complexity index is 474. The van der Waals surface area contributed by atoms with E-state index in [4.69, 9.17) is 4.98 Å². The predicted molar refractivity (Wildman–Crippen MR) is 75.7 cm³/mol. The van der Waals surface area contributed by atoms with Crippen LogP contribution in [0.2, 0.25) is 0 Å². The summed E-state index contributed by atoms with van der Waals surface area (Å²) in [5, 5.41) is 4.40. The Labute approximate surface area is 107 Å². The van der Waals surface area contributed by atoms with Gasteiger partial charge in [0.1, 0.15) is 0 Å². The molecule has 1 aromatic heterocycles. The minimum absolute atomic E-state index is 0.425. The quantitative estimate of drug-likeness (QED) is 0.874. The van der Waals surface area contributed by atoms with E-state index in [-0.39, 0.29) is 0 Å². The smallest absolute Gasteiger partial charge is 0.183 e. The highest BCUT2D eigenvalue weighted by Gasteiger charge is 2.11. The lowest BCUT2D eigenvalue weighted by atomic mass is 10.1. The van der Waals surface area contributed by atoms with Crippen LogP contribution in [0.25, 0.3) is 11.3 Å². The van der Waals surface area contributed by atoms with Crippen molar-refractivity contribution in [2.45, 2.75) is 33.2 Å². The zero-order valence-electron chi connectivity index (χ0n) is 10.5. The van der Waals surface area contributed by atoms with E-state index in [0.717, 1.165) is 17.2 Å². The molecule has 0 aliphatic rings. The first kappa shape index (κ1) is 12.1. The maximum atomic E-state index is 4.70. The fourth-order valence-corrected chi connectivity index (χ4v) is 2.79. The van der Waals surface area contributed by atoms with Crippen molar-refractivity contribution in [2.75, 3.05) is 5.32 Å². The van der Waals surface area contributed by atoms with Gasteiger partial charge in [0, 0.05) is 16.5 Å². The number of anilines is 1. The van der Waals surface area contributed by atoms with E-state index >= 15 is 0 Å². The van der Waals surface area contributed by atoms with Crippen molar-refractivity contribution >= 4 is 16.5 Å². The number of benzene rings is 1. The standard InChI is InChI=1S/C14H18N2S/c1-4-12-13(11-8-6-5-7-9-11)16-14(17-12)15-10(2)3/h5-10H,4H2,1-3H3,(H,15,16). The van der Waals surface area contributed by atoms with Crippen molar-refractivity contribution in [3.05, 3.63) is 35.2 Å². The number of rotatable bonds is 4. The number of aromatic nitrogens is 1. The highest BCUT2D eigenvalue weighted by molar-refractivity contribution is 7.16. The molecule has 1 aromatic carbocycles. The Morgan fingerprint density at radius 3 is 2.53 bits per heavy atom. The van der Waals surface area contributed by atoms with Crippen LogP contribution in [0.1, 0.15) is 25.6 Å². The van der Waals surface area contributed by atoms with Crippen molar-refractivity contribution < 1.29 is 0 Å². The van der Waals surface area contributed by atoms with Gasteiger partial charge in [0.15, 0.2) is 5.13 Å². The SMILES string of the molecule is CCc1sc(NC(C)C)nc1-c1ccccc1. The maximum Gasteiger partial charge on any atom is 0.183 e. The highest BCUT2D eigenvalue weighted by atomic mass is 32.1. The molecule has 3 heteroatoms. The number of nitrogens with one attached hydrogen (secondary N) is 1. The fourth-order valence-electron chi connectivity index (χ4n) is 1.72. The van der Waals surface area contributed by atoms with Crippen LogP contribution in [0, 0.1) is 0 Å². The van der Waals surface area contributed by atoms with Gasteiger partial charge in [-0.25, -0.2) is 4.98 Å². The summed E-state index contributed by atoms with van der Waals surface area (Å²) in [6.07, 6.45) is 1.03. The second-order valence-electron chi connectivity index (χ2n) is 4.31. The number of aryl methyl sites for hydroxylation is 1. The first-order valence-corrected chi connectivity index (χ1v) is 6.84. The van der Waals surface area contributed by atoms with Gasteiger partial charge in [-0.15, -0.1) is 11.3 Å². The van der Waals surface area contributed by atoms with Gasteiger partial charge in [-0.3, -0.25) is 0 Å². The van der Waals surface area contributed by atoms with Crippen LogP contribution < -0.4 is 5.32 Å². The summed E-state index contributed by atoms with van der Waals surface area (Å²) in [5.74, 6) is 0. The third-order valence-corrected chi connectivity index (χ3v) is 3.61. The number of nitrogens with zero attached hydrogens (tertiary/aromatic N) is 1. The largest absolute Gasteiger partial charge is 0.359 e. The molecule has 0 unspecified atom stereocenters. The summed E-state index contributed by atoms with van der Waals surface area (Å²) in [7, 11) is 0. The molecule has 1 N–H and O–H groups in total. The monoisotopic (exact) mass is 246 g/mol. The molecule has 0 aliphatic carbocycles. The molecule has 0 atom stereocenters. The molecular formula is C14H18N2S. The summed E-state index contributed by atoms with van der Waals surface area (Å²) in [6, 6.07) is 10.8. The van der Waals surface area contributed by atoms with Gasteiger partial charge in [0.25, 0.3) is 0 Å². The van der Waals surface area contributed by atoms with Crippen LogP contribution >= 0.6 is 11.3 Å². The Hall–Kier alpha value is -1.35. The molecule has 17 heavy (non-hydrogen) atoms. The van der Waals surface area contributed by atoms with Crippen LogP contribution in [0.4, 0.5) is 5.13 Å². The second-order valence-corrected chi connectivity index (χ2v) is 5.39. The molecule has 2 aromatic rings. The van der Waals surface area contributed by atoms with Crippen molar-refractivity contribution in [3.8, 4) is 11.3 Å². The molecule has 0 fully saturated rings. The Morgan fingerprint density at radius 1 is 1.24 bits per heavy atom. The average Bonchev–Trinajstić information content (AvgIpc) is 2.72. The summed E-state index contributed by atoms with van der Waals surface area (Å²) >= 11 is 1.76. The molecular weight excluding hydrogens is 228 g/mol. The van der Waals surface area contributed by atoms with Gasteiger partial charge in [-0.1, -0.05) is 37.3 Å². The number of thiazole rings is 1. The van der Waals surface area contributed by atoms with Gasteiger partial charge in [-0.05, 0) is 20.3 Å². The lowest BCUT2D eigenvalue weighted by Gasteiger charge is -2.04. The molecule has 0 bridgehead atoms. The number of hydrogen-bond donors (Lipinski definition) is 1. The molecule has 0 aliphatic heterocycles. The molecule has 0 saturated heterocycles. The van der Waals surface area contributed by atoms with Gasteiger partial charge in [0.05, 0.1) is 5.69 Å². The van der Waals surface area contributed by atoms with E-state index in [1.807, 2.05) is 6.07 Å². The lowest BCUT2D eigenvalue weighted by Crippen LogP contribution is -2.08. The normalized spacial score (nSPS) is 10.8. The summed E-state index contributed by atoms with van der Waals surface area (Å²) < 4.78 is 0. The van der Waals surface area contributed by atoms with E-state index in [1.165, 1.54) is 10.4 Å². The molecule has 0 saturated carbocycles. The van der Waals surface area contributed by atoms with E-state index < -0.39 is 0 Å². The van der Waals surface area contributed by atoms with Crippen LogP contribution in [0.15, 0.2) is 30.3 Å². The van der Waals surface area contributed by atoms with Gasteiger partial charge in [-0.2, -0.15) is 0 Å². The summed E-state index contributed by atoms with van der Waals surface area (Å²) in [5.41, 5.74) is 2.33. The molecule has 0 amide bonds. The molecule has 0 radical (unpaired) electrons. The van der Waals surface area contributed by atoms with Crippen LogP contribution in [-0.2, 0) is 6.42 Å². The third-order valence-electron chi connectivity index (χ3n) is 2.48. The summed E-state index contributed by atoms with van der Waals surface area (Å²) in [6.45, 7) is 6.45. The zero-order chi connectivity index (χ0) is 12.3. The van der Waals surface area contributed by atoms with Gasteiger partial charge >= 0.3 is 0 Å². The predicted octanol–water partition coefficient (Wildman–Crippen LogP) is 4.19. The zero-order valence-corrected chi connectivity index (χ0v) is 11.3. The van der Waals surface area contributed by atoms with Crippen molar-refractivity contribution in [2.24, 2.45) is 0 Å². The average molecular weight is 246 g/mol. The van der Waals surface area contributed by atoms with E-state index in [2.05, 4.69) is 50.4 Å². The Kier molecular flexibility index (Phi) is 3.79. The van der Waals surface area contributed by atoms with Gasteiger partial charge in [0.2, 0.25) is 0 Å². The first-order chi connectivity index (χ1) is 8.20. The van der Waals surface area contributed by atoms with Crippen LogP contribution in [-0.4, -0.2) is 11.0 Å². The molecule has 2 rings (SSSR count). The minimum atomic E-state index is 0.425. The second kappa shape index (κ2) is 5.32. The first-order valence-electron chi connectivity index (χ1n) is 6.02. The molecule has 1 heterocycles. The lowest BCUT2D eigenvalue weighted by molar-refractivity contribution is 0.896. The van der Waals surface area contributed by atoms with Crippen molar-refractivity contribution in [3.63, 3.8) is 0 Å². The van der Waals surface area contributed by atoms with Gasteiger partial charge < -0.3 is 5.32 Å². The molecule has 2 nitrogen and oxygen atoms in total. The topological polar surface area (TPSA) is 24.9 Å². The molecule has 90 valence electrons. The Morgan fingerprint density at radius 2 is 1.94 bits per heavy atom. The molecule has 0 spiro atoms. The fraction of sp³-hybridized carbons (Fsp3) is 0.357. The van der Waals surface area contributed by atoms with E-state index in [9.17, 15) is 0 Å². The van der Waals surface area contributed by atoms with E-state index in [1.54, 1.807) is 11.3 Å². The van der Waals surface area contributed by atoms with E-state index in [0.29, 0.717) is 6.04 Å². The Balaban J connectivity index is 2.36. The maximum absolute atomic E-state index is 4.70. The number of hydrogen-bond acceptors (Lipinski definition) is 3. The van der Waals surface area contributed by atoms with Crippen molar-refractivity contribution in [1.82, 2.24) is 4.98 Å².